The second kappa shape index (κ2) is 6.77. The van der Waals surface area contributed by atoms with Crippen molar-refractivity contribution in [3.8, 4) is 0 Å². The molecular weight excluding hydrogens is 352 g/mol. The highest BCUT2D eigenvalue weighted by Gasteiger charge is 2.51. The Morgan fingerprint density at radius 3 is 2.44 bits per heavy atom. The maximum absolute atomic E-state index is 13.3. The van der Waals surface area contributed by atoms with Crippen molar-refractivity contribution in [2.45, 2.75) is 44.5 Å². The first-order valence-electron chi connectivity index (χ1n) is 9.12. The third kappa shape index (κ3) is 2.71. The molecule has 0 bridgehead atoms. The molecule has 3 atom stereocenters. The molecule has 3 amide bonds. The highest BCUT2D eigenvalue weighted by atomic mass is 16.6. The fourth-order valence-corrected chi connectivity index (χ4v) is 4.01. The Morgan fingerprint density at radius 1 is 1.15 bits per heavy atom. The predicted octanol–water partition coefficient (Wildman–Crippen LogP) is 0.952. The van der Waals surface area contributed by atoms with Gasteiger partial charge in [0.25, 0.3) is 11.8 Å². The zero-order valence-corrected chi connectivity index (χ0v) is 14.9. The molecule has 2 fully saturated rings. The van der Waals surface area contributed by atoms with Crippen LogP contribution < -0.4 is 0 Å². The van der Waals surface area contributed by atoms with Gasteiger partial charge in [-0.25, -0.2) is 4.79 Å². The van der Waals surface area contributed by atoms with Gasteiger partial charge in [-0.1, -0.05) is 12.1 Å². The predicted molar refractivity (Wildman–Crippen MR) is 91.6 cm³/mol. The van der Waals surface area contributed by atoms with Gasteiger partial charge in [0.15, 0.2) is 6.04 Å². The van der Waals surface area contributed by atoms with Crippen molar-refractivity contribution >= 4 is 23.7 Å². The van der Waals surface area contributed by atoms with Gasteiger partial charge >= 0.3 is 5.97 Å². The van der Waals surface area contributed by atoms with Crippen molar-refractivity contribution in [3.63, 3.8) is 0 Å². The van der Waals surface area contributed by atoms with E-state index >= 15 is 0 Å². The SMILES string of the molecule is CCOC(=O)[C@H]1CO[C@@H]2CCC[C@@H](N3C(=O)c4ccccc4C3=O)C(=O)N12. The average Bonchev–Trinajstić information content (AvgIpc) is 3.14. The smallest absolute Gasteiger partial charge is 0.331 e. The maximum Gasteiger partial charge on any atom is 0.331 e. The maximum atomic E-state index is 13.3. The molecule has 142 valence electrons. The highest BCUT2D eigenvalue weighted by molar-refractivity contribution is 6.22. The molecule has 0 N–H and O–H groups in total. The number of hydrogen-bond donors (Lipinski definition) is 0. The van der Waals surface area contributed by atoms with Crippen LogP contribution in [0.15, 0.2) is 24.3 Å². The standard InChI is InChI=1S/C19H20N2O6/c1-2-26-19(25)14-10-27-15-9-5-8-13(18(24)20(14)15)21-16(22)11-6-3-4-7-12(11)17(21)23/h3-4,6-7,13-15H,2,5,8-10H2,1H3/t13-,14-,15-/m1/s1. The number of ether oxygens (including phenoxy) is 2. The fraction of sp³-hybridized carbons (Fsp3) is 0.474. The van der Waals surface area contributed by atoms with Crippen LogP contribution in [0.2, 0.25) is 0 Å². The van der Waals surface area contributed by atoms with E-state index in [4.69, 9.17) is 9.47 Å². The summed E-state index contributed by atoms with van der Waals surface area (Å²) in [7, 11) is 0. The van der Waals surface area contributed by atoms with Crippen LogP contribution in [0.25, 0.3) is 0 Å². The molecule has 0 saturated carbocycles. The molecular formula is C19H20N2O6. The molecule has 1 aromatic rings. The van der Waals surface area contributed by atoms with Crippen molar-refractivity contribution in [2.75, 3.05) is 13.2 Å². The Labute approximate surface area is 156 Å². The third-order valence-corrected chi connectivity index (χ3v) is 5.26. The van der Waals surface area contributed by atoms with Crippen molar-refractivity contribution in [3.05, 3.63) is 35.4 Å². The quantitative estimate of drug-likeness (QED) is 0.579. The van der Waals surface area contributed by atoms with Crippen LogP contribution >= 0.6 is 0 Å². The zero-order chi connectivity index (χ0) is 19.1. The molecule has 0 radical (unpaired) electrons. The summed E-state index contributed by atoms with van der Waals surface area (Å²) in [6.07, 6.45) is 0.949. The number of esters is 1. The molecule has 8 nitrogen and oxygen atoms in total. The molecule has 8 heteroatoms. The molecule has 0 unspecified atom stereocenters. The van der Waals surface area contributed by atoms with Crippen LogP contribution in [0.5, 0.6) is 0 Å². The first-order valence-corrected chi connectivity index (χ1v) is 9.12. The van der Waals surface area contributed by atoms with Crippen molar-refractivity contribution < 1.29 is 28.7 Å². The lowest BCUT2D eigenvalue weighted by molar-refractivity contribution is -0.155. The van der Waals surface area contributed by atoms with Gasteiger partial charge in [0.05, 0.1) is 24.3 Å². The largest absolute Gasteiger partial charge is 0.464 e. The minimum atomic E-state index is -0.943. The number of amides is 3. The van der Waals surface area contributed by atoms with E-state index in [-0.39, 0.29) is 13.2 Å². The number of carbonyl (C=O) groups is 4. The third-order valence-electron chi connectivity index (χ3n) is 5.26. The minimum Gasteiger partial charge on any atom is -0.464 e. The van der Waals surface area contributed by atoms with Gasteiger partial charge in [-0.2, -0.15) is 0 Å². The van der Waals surface area contributed by atoms with Crippen molar-refractivity contribution in [2.24, 2.45) is 0 Å². The second-order valence-corrected chi connectivity index (χ2v) is 6.77. The lowest BCUT2D eigenvalue weighted by Gasteiger charge is -2.30. The van der Waals surface area contributed by atoms with E-state index in [0.717, 1.165) is 4.90 Å². The normalized spacial score (nSPS) is 27.4. The Balaban J connectivity index is 1.65. The van der Waals surface area contributed by atoms with E-state index in [0.29, 0.717) is 30.4 Å². The van der Waals surface area contributed by atoms with E-state index in [1.54, 1.807) is 31.2 Å². The Morgan fingerprint density at radius 2 is 1.81 bits per heavy atom. The highest BCUT2D eigenvalue weighted by Crippen LogP contribution is 2.33. The number of imide groups is 1. The first kappa shape index (κ1) is 17.7. The summed E-state index contributed by atoms with van der Waals surface area (Å²) >= 11 is 0. The van der Waals surface area contributed by atoms with Gasteiger partial charge in [0.2, 0.25) is 5.91 Å². The number of benzene rings is 1. The van der Waals surface area contributed by atoms with Gasteiger partial charge in [-0.05, 0) is 38.3 Å². The lowest BCUT2D eigenvalue weighted by atomic mass is 10.1. The molecule has 3 aliphatic rings. The van der Waals surface area contributed by atoms with E-state index in [1.165, 1.54) is 4.90 Å². The molecule has 27 heavy (non-hydrogen) atoms. The summed E-state index contributed by atoms with van der Waals surface area (Å²) in [5.74, 6) is -1.92. The topological polar surface area (TPSA) is 93.2 Å². The first-order chi connectivity index (χ1) is 13.0. The van der Waals surface area contributed by atoms with Crippen molar-refractivity contribution in [1.82, 2.24) is 9.80 Å². The van der Waals surface area contributed by atoms with Gasteiger partial charge in [0, 0.05) is 0 Å². The summed E-state index contributed by atoms with van der Waals surface area (Å²) in [4.78, 5) is 53.5. The summed E-state index contributed by atoms with van der Waals surface area (Å²) in [6, 6.07) is 4.74. The Bertz CT molecular complexity index is 787. The fourth-order valence-electron chi connectivity index (χ4n) is 4.01. The number of carbonyl (C=O) groups excluding carboxylic acids is 4. The number of fused-ring (bicyclic) bond motifs is 2. The summed E-state index contributed by atoms with van der Waals surface area (Å²) < 4.78 is 10.7. The second-order valence-electron chi connectivity index (χ2n) is 6.77. The number of rotatable bonds is 3. The number of nitrogens with zero attached hydrogens (tertiary/aromatic N) is 2. The van der Waals surface area contributed by atoms with E-state index in [2.05, 4.69) is 0 Å². The van der Waals surface area contributed by atoms with Gasteiger partial charge in [-0.15, -0.1) is 0 Å². The van der Waals surface area contributed by atoms with Gasteiger partial charge < -0.3 is 9.47 Å². The van der Waals surface area contributed by atoms with Crippen molar-refractivity contribution in [1.29, 1.82) is 0 Å². The Kier molecular flexibility index (Phi) is 4.43. The number of hydrogen-bond acceptors (Lipinski definition) is 6. The van der Waals surface area contributed by atoms with Crippen LogP contribution in [0.1, 0.15) is 46.9 Å². The van der Waals surface area contributed by atoms with Crippen LogP contribution in [-0.4, -0.2) is 65.0 Å². The Hall–Kier alpha value is -2.74. The molecule has 0 aromatic heterocycles. The molecule has 2 saturated heterocycles. The average molecular weight is 372 g/mol. The summed E-state index contributed by atoms with van der Waals surface area (Å²) in [6.45, 7) is 1.95. The van der Waals surface area contributed by atoms with Gasteiger partial charge in [-0.3, -0.25) is 24.2 Å². The molecule has 1 aromatic carbocycles. The van der Waals surface area contributed by atoms with E-state index in [9.17, 15) is 19.2 Å². The molecule has 3 heterocycles. The molecule has 0 spiro atoms. The molecule has 3 aliphatic heterocycles. The van der Waals surface area contributed by atoms with Crippen LogP contribution in [0, 0.1) is 0 Å². The zero-order valence-electron chi connectivity index (χ0n) is 14.9. The molecule has 4 rings (SSSR count). The summed E-state index contributed by atoms with van der Waals surface area (Å²) in [5, 5.41) is 0. The molecule has 0 aliphatic carbocycles. The van der Waals surface area contributed by atoms with E-state index in [1.807, 2.05) is 0 Å². The van der Waals surface area contributed by atoms with E-state index < -0.39 is 42.0 Å². The van der Waals surface area contributed by atoms with Crippen LogP contribution in [0.4, 0.5) is 0 Å². The lowest BCUT2D eigenvalue weighted by Crippen LogP contribution is -2.54. The monoisotopic (exact) mass is 372 g/mol. The van der Waals surface area contributed by atoms with Crippen LogP contribution in [-0.2, 0) is 19.1 Å². The minimum absolute atomic E-state index is 0.0596. The van der Waals surface area contributed by atoms with Gasteiger partial charge in [0.1, 0.15) is 12.3 Å². The van der Waals surface area contributed by atoms with Crippen LogP contribution in [0.3, 0.4) is 0 Å². The summed E-state index contributed by atoms with van der Waals surface area (Å²) in [5.41, 5.74) is 0.603.